The van der Waals surface area contributed by atoms with Gasteiger partial charge in [-0.2, -0.15) is 0 Å². The fraction of sp³-hybridized carbons (Fsp3) is 0.548. The minimum absolute atomic E-state index is 0.000604. The van der Waals surface area contributed by atoms with Crippen LogP contribution < -0.4 is 20.8 Å². The number of nitrogens with one attached hydrogen (secondary N) is 1. The molecule has 0 saturated heterocycles. The van der Waals surface area contributed by atoms with E-state index < -0.39 is 41.6 Å². The van der Waals surface area contributed by atoms with E-state index in [2.05, 4.69) is 5.32 Å². The highest BCUT2D eigenvalue weighted by molar-refractivity contribution is 6.20. The van der Waals surface area contributed by atoms with E-state index in [-0.39, 0.29) is 73.9 Å². The second kappa shape index (κ2) is 14.7. The van der Waals surface area contributed by atoms with Crippen LogP contribution in [0.5, 0.6) is 17.2 Å². The standard InChI is InChI=1S/C42H53N3O8/c1-20-12-9-13-22(3)41(51)45-34-33-32(43-28(44-33)19-27-15-10-16-27)29-30(37(34)49)36(48)25(6)39-31(29)40(50)42(8,53-39)17-11-14-21(2)38(52-26(7)46)24(5)35(47)23(4)18-20/h9,12-13,19-21,23-24,28,35,38,47-49H,10-11,14-18H2,1-8H3,(H,45,51)/b12-9+,22-13-/t20-,21+,23+,24+,28-,35+,38+,42+/m0/s1. The van der Waals surface area contributed by atoms with Crippen molar-refractivity contribution in [3.63, 3.8) is 0 Å². The lowest BCUT2D eigenvalue weighted by molar-refractivity contribution is -0.156. The Labute approximate surface area is 310 Å². The molecule has 284 valence electrons. The third kappa shape index (κ3) is 7.12. The molecule has 11 heteroatoms. The summed E-state index contributed by atoms with van der Waals surface area (Å²) >= 11 is 0. The summed E-state index contributed by atoms with van der Waals surface area (Å²) in [6.07, 6.45) is 10.6. The number of carbonyl (C=O) groups is 3. The molecule has 3 heterocycles. The zero-order valence-electron chi connectivity index (χ0n) is 32.1. The van der Waals surface area contributed by atoms with Gasteiger partial charge in [0.25, 0.3) is 5.91 Å². The van der Waals surface area contributed by atoms with Crippen molar-refractivity contribution in [1.29, 1.82) is 0 Å². The molecule has 0 radical (unpaired) electrons. The van der Waals surface area contributed by atoms with E-state index in [0.717, 1.165) is 19.3 Å². The summed E-state index contributed by atoms with van der Waals surface area (Å²) in [7, 11) is 0. The summed E-state index contributed by atoms with van der Waals surface area (Å²) in [5.41, 5.74) is 0.776. The lowest BCUT2D eigenvalue weighted by Crippen LogP contribution is -2.41. The number of aliphatic hydroxyl groups is 1. The van der Waals surface area contributed by atoms with Crippen LogP contribution >= 0.6 is 0 Å². The highest BCUT2D eigenvalue weighted by Gasteiger charge is 2.47. The number of esters is 1. The number of ketones is 1. The number of allylic oxidation sites excluding steroid dienone is 4. The average molecular weight is 728 g/mol. The number of aromatic hydroxyl groups is 2. The summed E-state index contributed by atoms with van der Waals surface area (Å²) in [6.45, 7) is 14.3. The number of aliphatic hydroxyl groups excluding tert-OH is 1. The molecule has 0 unspecified atom stereocenters. The fourth-order valence-corrected chi connectivity index (χ4v) is 8.38. The first kappa shape index (κ1) is 38.2. The Kier molecular flexibility index (Phi) is 10.6. The second-order valence-corrected chi connectivity index (χ2v) is 16.0. The van der Waals surface area contributed by atoms with E-state index in [9.17, 15) is 29.7 Å². The van der Waals surface area contributed by atoms with E-state index >= 15 is 0 Å². The van der Waals surface area contributed by atoms with Crippen LogP contribution in [0.1, 0.15) is 109 Å². The molecule has 1 amide bonds. The lowest BCUT2D eigenvalue weighted by atomic mass is 9.79. The van der Waals surface area contributed by atoms with Crippen molar-refractivity contribution in [3.05, 3.63) is 57.3 Å². The maximum atomic E-state index is 14.6. The molecular weight excluding hydrogens is 674 g/mol. The molecule has 4 bridgehead atoms. The van der Waals surface area contributed by atoms with Crippen LogP contribution in [0.25, 0.3) is 10.8 Å². The number of benzene rings is 2. The van der Waals surface area contributed by atoms with Gasteiger partial charge in [0.05, 0.1) is 22.4 Å². The van der Waals surface area contributed by atoms with Gasteiger partial charge in [0.1, 0.15) is 28.6 Å². The van der Waals surface area contributed by atoms with Crippen LogP contribution in [0, 0.1) is 30.6 Å². The van der Waals surface area contributed by atoms with Gasteiger partial charge in [-0.3, -0.25) is 19.4 Å². The van der Waals surface area contributed by atoms with Gasteiger partial charge in [0.15, 0.2) is 17.5 Å². The minimum atomic E-state index is -1.30. The highest BCUT2D eigenvalue weighted by Crippen LogP contribution is 2.50. The van der Waals surface area contributed by atoms with Crippen molar-refractivity contribution in [2.24, 2.45) is 33.7 Å². The third-order valence-electron chi connectivity index (χ3n) is 11.7. The maximum absolute atomic E-state index is 14.6. The van der Waals surface area contributed by atoms with E-state index in [1.54, 1.807) is 32.9 Å². The Morgan fingerprint density at radius 2 is 1.72 bits per heavy atom. The molecule has 4 N–H and O–H groups in total. The van der Waals surface area contributed by atoms with Gasteiger partial charge in [-0.15, -0.1) is 0 Å². The second-order valence-electron chi connectivity index (χ2n) is 16.0. The van der Waals surface area contributed by atoms with E-state index in [4.69, 9.17) is 19.5 Å². The molecule has 4 aliphatic rings. The van der Waals surface area contributed by atoms with E-state index in [1.165, 1.54) is 12.5 Å². The van der Waals surface area contributed by atoms with Crippen molar-refractivity contribution in [2.45, 2.75) is 124 Å². The molecule has 1 saturated carbocycles. The number of fused-ring (bicyclic) bond motifs is 1. The highest BCUT2D eigenvalue weighted by atomic mass is 16.5. The normalized spacial score (nSPS) is 32.2. The van der Waals surface area contributed by atoms with Crippen LogP contribution in [-0.4, -0.2) is 57.0 Å². The number of amides is 1. The Bertz CT molecular complexity index is 2080. The average Bonchev–Trinajstić information content (AvgIpc) is 3.62. The summed E-state index contributed by atoms with van der Waals surface area (Å²) in [5.74, 6) is -2.22. The summed E-state index contributed by atoms with van der Waals surface area (Å²) in [4.78, 5) is 50.2. The Morgan fingerprint density at radius 3 is 2.38 bits per heavy atom. The van der Waals surface area contributed by atoms with Crippen LogP contribution in [0.3, 0.4) is 0 Å². The largest absolute Gasteiger partial charge is 0.507 e. The van der Waals surface area contributed by atoms with Gasteiger partial charge in [-0.1, -0.05) is 51.5 Å². The summed E-state index contributed by atoms with van der Waals surface area (Å²) in [6, 6.07) is 0. The number of hydrogen-bond donors (Lipinski definition) is 4. The molecular formula is C42H53N3O8. The molecule has 1 aliphatic carbocycles. The van der Waals surface area contributed by atoms with Crippen molar-refractivity contribution < 1.29 is 39.2 Å². The molecule has 11 nitrogen and oxygen atoms in total. The third-order valence-corrected chi connectivity index (χ3v) is 11.7. The Balaban J connectivity index is 1.50. The van der Waals surface area contributed by atoms with Crippen LogP contribution in [0.15, 0.2) is 45.4 Å². The maximum Gasteiger partial charge on any atom is 0.302 e. The van der Waals surface area contributed by atoms with Gasteiger partial charge < -0.3 is 30.1 Å². The number of carbonyl (C=O) groups excluding carboxylic acids is 3. The number of rotatable bonds is 2. The summed E-state index contributed by atoms with van der Waals surface area (Å²) < 4.78 is 12.3. The van der Waals surface area contributed by atoms with Crippen molar-refractivity contribution in [2.75, 3.05) is 5.32 Å². The molecule has 6 rings (SSSR count). The molecule has 2 aromatic rings. The Hall–Kier alpha value is -4.51. The number of Topliss-reactive ketones (excluding diaryl/α,β-unsaturated/α-hetero) is 1. The number of ether oxygens (including phenoxy) is 2. The fourth-order valence-electron chi connectivity index (χ4n) is 8.38. The smallest absolute Gasteiger partial charge is 0.302 e. The lowest BCUT2D eigenvalue weighted by Gasteiger charge is -2.35. The number of nitrogens with zero attached hydrogens (tertiary/aromatic N) is 2. The molecule has 53 heavy (non-hydrogen) atoms. The van der Waals surface area contributed by atoms with Gasteiger partial charge in [-0.25, -0.2) is 4.99 Å². The minimum Gasteiger partial charge on any atom is -0.507 e. The van der Waals surface area contributed by atoms with Gasteiger partial charge in [0, 0.05) is 29.4 Å². The quantitative estimate of drug-likeness (QED) is 0.156. The Morgan fingerprint density at radius 1 is 1.02 bits per heavy atom. The van der Waals surface area contributed by atoms with Gasteiger partial charge in [0.2, 0.25) is 5.78 Å². The summed E-state index contributed by atoms with van der Waals surface area (Å²) in [5, 5.41) is 38.6. The van der Waals surface area contributed by atoms with Gasteiger partial charge >= 0.3 is 5.97 Å². The van der Waals surface area contributed by atoms with Gasteiger partial charge in [-0.05, 0) is 89.5 Å². The first-order valence-corrected chi connectivity index (χ1v) is 19.0. The predicted molar refractivity (Wildman–Crippen MR) is 202 cm³/mol. The van der Waals surface area contributed by atoms with Crippen molar-refractivity contribution >= 4 is 34.1 Å². The predicted octanol–water partition coefficient (Wildman–Crippen LogP) is 6.43. The number of hydrogen-bond acceptors (Lipinski definition) is 10. The number of phenolic OH excluding ortho intramolecular Hbond substituents is 2. The molecule has 0 aromatic heterocycles. The molecule has 0 spiro atoms. The monoisotopic (exact) mass is 727 g/mol. The number of anilines is 1. The molecule has 3 aliphatic heterocycles. The molecule has 2 aromatic carbocycles. The SMILES string of the molecule is CC(=O)O[C@H]1[C@H](C)[C@H](O)[C@H](C)C[C@@H](C)/C=C/C=C(/C)C(=O)Nc2c(O)c3c(O)c(C)c4c(c3c3c2=N[C@@H](C=C2CCC2)N=3)C(=O)[C@@](C)(CCC[C@H]1C)O4. The van der Waals surface area contributed by atoms with E-state index in [0.29, 0.717) is 36.6 Å². The topological polar surface area (TPSA) is 167 Å². The first-order valence-electron chi connectivity index (χ1n) is 19.0. The van der Waals surface area contributed by atoms with Crippen LogP contribution in [0.4, 0.5) is 5.69 Å². The van der Waals surface area contributed by atoms with Crippen LogP contribution in [-0.2, 0) is 14.3 Å². The van der Waals surface area contributed by atoms with Crippen molar-refractivity contribution in [1.82, 2.24) is 0 Å². The number of phenols is 2. The zero-order chi connectivity index (χ0) is 38.5. The zero-order valence-corrected chi connectivity index (χ0v) is 32.1. The molecule has 1 fully saturated rings. The van der Waals surface area contributed by atoms with Crippen LogP contribution in [0.2, 0.25) is 0 Å². The first-order chi connectivity index (χ1) is 25.0. The van der Waals surface area contributed by atoms with Crippen molar-refractivity contribution in [3.8, 4) is 17.2 Å². The van der Waals surface area contributed by atoms with E-state index in [1.807, 2.05) is 39.8 Å². The molecule has 8 atom stereocenters.